The number of methoxy groups -OCH3 is 1. The number of anilines is 1. The van der Waals surface area contributed by atoms with Crippen molar-refractivity contribution < 1.29 is 9.26 Å². The van der Waals surface area contributed by atoms with Gasteiger partial charge in [0.25, 0.3) is 5.89 Å². The van der Waals surface area contributed by atoms with Gasteiger partial charge in [0.1, 0.15) is 5.60 Å². The number of rotatable bonds is 4. The van der Waals surface area contributed by atoms with Crippen molar-refractivity contribution in [3.8, 4) is 11.5 Å². The lowest BCUT2D eigenvalue weighted by atomic mass is 10.0. The van der Waals surface area contributed by atoms with Crippen LogP contribution in [0.1, 0.15) is 26.1 Å². The van der Waals surface area contributed by atoms with Crippen molar-refractivity contribution in [2.24, 2.45) is 0 Å². The van der Waals surface area contributed by atoms with Crippen molar-refractivity contribution in [3.63, 3.8) is 0 Å². The van der Waals surface area contributed by atoms with E-state index in [2.05, 4.69) is 10.1 Å². The average molecular weight is 282 g/mol. The van der Waals surface area contributed by atoms with Crippen molar-refractivity contribution in [1.29, 1.82) is 0 Å². The Morgan fingerprint density at radius 1 is 1.42 bits per heavy atom. The Hall–Kier alpha value is -1.59. The molecule has 0 bridgehead atoms. The van der Waals surface area contributed by atoms with E-state index in [0.29, 0.717) is 28.0 Å². The largest absolute Gasteiger partial charge is 0.399 e. The molecule has 1 atom stereocenters. The van der Waals surface area contributed by atoms with Gasteiger partial charge in [-0.15, -0.1) is 0 Å². The predicted molar refractivity (Wildman–Crippen MR) is 73.8 cm³/mol. The van der Waals surface area contributed by atoms with Crippen LogP contribution >= 0.6 is 11.6 Å². The summed E-state index contributed by atoms with van der Waals surface area (Å²) >= 11 is 5.96. The minimum absolute atomic E-state index is 0.376. The molecule has 102 valence electrons. The summed E-state index contributed by atoms with van der Waals surface area (Å²) in [7, 11) is 1.62. The quantitative estimate of drug-likeness (QED) is 0.871. The smallest absolute Gasteiger partial charge is 0.258 e. The van der Waals surface area contributed by atoms with Gasteiger partial charge in [0.05, 0.1) is 0 Å². The molecule has 0 amide bonds. The molecule has 0 saturated carbocycles. The maximum absolute atomic E-state index is 5.96. The highest BCUT2D eigenvalue weighted by atomic mass is 35.5. The molecule has 2 rings (SSSR count). The molecule has 19 heavy (non-hydrogen) atoms. The number of ether oxygens (including phenoxy) is 1. The van der Waals surface area contributed by atoms with Crippen LogP contribution in [0.5, 0.6) is 0 Å². The number of nitrogens with two attached hydrogens (primary N) is 1. The summed E-state index contributed by atoms with van der Waals surface area (Å²) < 4.78 is 10.7. The van der Waals surface area contributed by atoms with Crippen LogP contribution in [0.4, 0.5) is 5.69 Å². The molecule has 1 aromatic heterocycles. The second-order valence-corrected chi connectivity index (χ2v) is 4.92. The molecule has 1 heterocycles. The van der Waals surface area contributed by atoms with E-state index in [-0.39, 0.29) is 0 Å². The van der Waals surface area contributed by atoms with Gasteiger partial charge in [0, 0.05) is 23.4 Å². The standard InChI is InChI=1S/C13H16ClN3O2/c1-4-13(2,18-3)12-16-11(19-17-12)8-5-9(14)7-10(15)6-8/h5-7H,4,15H2,1-3H3. The number of benzene rings is 1. The highest BCUT2D eigenvalue weighted by Crippen LogP contribution is 2.29. The average Bonchev–Trinajstić information content (AvgIpc) is 2.87. The van der Waals surface area contributed by atoms with Gasteiger partial charge in [-0.25, -0.2) is 0 Å². The summed E-state index contributed by atoms with van der Waals surface area (Å²) in [5, 5.41) is 4.50. The lowest BCUT2D eigenvalue weighted by molar-refractivity contribution is -0.0106. The fourth-order valence-corrected chi connectivity index (χ4v) is 1.93. The van der Waals surface area contributed by atoms with E-state index < -0.39 is 5.60 Å². The van der Waals surface area contributed by atoms with Gasteiger partial charge in [0.15, 0.2) is 0 Å². The number of nitrogens with zero attached hydrogens (tertiary/aromatic N) is 2. The Labute approximate surface area is 116 Å². The van der Waals surface area contributed by atoms with Crippen LogP contribution in [-0.2, 0) is 10.3 Å². The molecule has 0 aliphatic rings. The fourth-order valence-electron chi connectivity index (χ4n) is 1.69. The van der Waals surface area contributed by atoms with E-state index in [4.69, 9.17) is 26.6 Å². The molecule has 0 radical (unpaired) electrons. The molecule has 0 spiro atoms. The third-order valence-corrected chi connectivity index (χ3v) is 3.41. The second-order valence-electron chi connectivity index (χ2n) is 4.48. The number of nitrogen functional groups attached to an aromatic ring is 1. The fraction of sp³-hybridized carbons (Fsp3) is 0.385. The molecular formula is C13H16ClN3O2. The zero-order valence-electron chi connectivity index (χ0n) is 11.1. The van der Waals surface area contributed by atoms with Crippen molar-refractivity contribution in [2.75, 3.05) is 12.8 Å². The highest BCUT2D eigenvalue weighted by Gasteiger charge is 2.30. The molecule has 5 nitrogen and oxygen atoms in total. The topological polar surface area (TPSA) is 74.2 Å². The molecule has 1 aromatic carbocycles. The third kappa shape index (κ3) is 2.72. The van der Waals surface area contributed by atoms with Crippen LogP contribution in [0.15, 0.2) is 22.7 Å². The summed E-state index contributed by atoms with van der Waals surface area (Å²) in [6.07, 6.45) is 0.736. The van der Waals surface area contributed by atoms with Crippen LogP contribution in [-0.4, -0.2) is 17.3 Å². The Bertz CT molecular complexity index is 559. The number of hydrogen-bond acceptors (Lipinski definition) is 5. The van der Waals surface area contributed by atoms with Crippen molar-refractivity contribution in [2.45, 2.75) is 25.9 Å². The van der Waals surface area contributed by atoms with Gasteiger partial charge >= 0.3 is 0 Å². The summed E-state index contributed by atoms with van der Waals surface area (Å²) in [5.41, 5.74) is 6.42. The summed E-state index contributed by atoms with van der Waals surface area (Å²) in [6.45, 7) is 3.91. The highest BCUT2D eigenvalue weighted by molar-refractivity contribution is 6.31. The summed E-state index contributed by atoms with van der Waals surface area (Å²) in [4.78, 5) is 4.36. The Morgan fingerprint density at radius 2 is 2.16 bits per heavy atom. The first-order valence-corrected chi connectivity index (χ1v) is 6.32. The maximum Gasteiger partial charge on any atom is 0.258 e. The predicted octanol–water partition coefficient (Wildman–Crippen LogP) is 3.24. The monoisotopic (exact) mass is 281 g/mol. The molecular weight excluding hydrogens is 266 g/mol. The van der Waals surface area contributed by atoms with E-state index >= 15 is 0 Å². The third-order valence-electron chi connectivity index (χ3n) is 3.19. The lowest BCUT2D eigenvalue weighted by Crippen LogP contribution is -2.24. The van der Waals surface area contributed by atoms with E-state index in [9.17, 15) is 0 Å². The first-order valence-electron chi connectivity index (χ1n) is 5.94. The van der Waals surface area contributed by atoms with Gasteiger partial charge < -0.3 is 15.0 Å². The number of hydrogen-bond donors (Lipinski definition) is 1. The first-order chi connectivity index (χ1) is 8.98. The molecule has 2 N–H and O–H groups in total. The lowest BCUT2D eigenvalue weighted by Gasteiger charge is -2.21. The Balaban J connectivity index is 2.40. The van der Waals surface area contributed by atoms with Crippen LogP contribution < -0.4 is 5.73 Å². The Morgan fingerprint density at radius 3 is 2.74 bits per heavy atom. The van der Waals surface area contributed by atoms with Gasteiger partial charge in [0.2, 0.25) is 5.82 Å². The molecule has 0 aliphatic carbocycles. The van der Waals surface area contributed by atoms with Gasteiger partial charge in [-0.3, -0.25) is 0 Å². The summed E-state index contributed by atoms with van der Waals surface area (Å²) in [6, 6.07) is 5.12. The first kappa shape index (κ1) is 13.8. The SMILES string of the molecule is CCC(C)(OC)c1noc(-c2cc(N)cc(Cl)c2)n1. The zero-order valence-corrected chi connectivity index (χ0v) is 11.9. The van der Waals surface area contributed by atoms with E-state index in [1.165, 1.54) is 0 Å². The van der Waals surface area contributed by atoms with Crippen LogP contribution in [0, 0.1) is 0 Å². The maximum atomic E-state index is 5.96. The van der Waals surface area contributed by atoms with Gasteiger partial charge in [-0.05, 0) is 31.5 Å². The molecule has 0 fully saturated rings. The minimum Gasteiger partial charge on any atom is -0.399 e. The number of aromatic nitrogens is 2. The second kappa shape index (κ2) is 5.19. The molecule has 0 saturated heterocycles. The van der Waals surface area contributed by atoms with E-state index in [0.717, 1.165) is 6.42 Å². The number of halogens is 1. The van der Waals surface area contributed by atoms with E-state index in [1.54, 1.807) is 25.3 Å². The molecule has 2 aromatic rings. The normalized spacial score (nSPS) is 14.3. The molecule has 1 unspecified atom stereocenters. The zero-order chi connectivity index (χ0) is 14.0. The molecule has 6 heteroatoms. The van der Waals surface area contributed by atoms with Crippen molar-refractivity contribution in [1.82, 2.24) is 10.1 Å². The molecule has 0 aliphatic heterocycles. The van der Waals surface area contributed by atoms with Gasteiger partial charge in [-0.1, -0.05) is 23.7 Å². The summed E-state index contributed by atoms with van der Waals surface area (Å²) in [5.74, 6) is 0.881. The van der Waals surface area contributed by atoms with Gasteiger partial charge in [-0.2, -0.15) is 4.98 Å². The van der Waals surface area contributed by atoms with E-state index in [1.807, 2.05) is 13.8 Å². The Kier molecular flexibility index (Phi) is 3.78. The van der Waals surface area contributed by atoms with Crippen LogP contribution in [0.3, 0.4) is 0 Å². The van der Waals surface area contributed by atoms with Crippen molar-refractivity contribution in [3.05, 3.63) is 29.0 Å². The van der Waals surface area contributed by atoms with Crippen molar-refractivity contribution >= 4 is 17.3 Å². The van der Waals surface area contributed by atoms with Crippen LogP contribution in [0.25, 0.3) is 11.5 Å². The minimum atomic E-state index is -0.564. The van der Waals surface area contributed by atoms with Crippen LogP contribution in [0.2, 0.25) is 5.02 Å².